The quantitative estimate of drug-likeness (QED) is 0.793. The van der Waals surface area contributed by atoms with Crippen molar-refractivity contribution in [2.75, 3.05) is 22.8 Å². The van der Waals surface area contributed by atoms with E-state index in [2.05, 4.69) is 4.72 Å². The van der Waals surface area contributed by atoms with E-state index < -0.39 is 10.0 Å². The number of hydrogen-bond donors (Lipinski definition) is 2. The van der Waals surface area contributed by atoms with Crippen molar-refractivity contribution >= 4 is 21.4 Å². The Morgan fingerprint density at radius 2 is 2.06 bits per heavy atom. The average Bonchev–Trinajstić information content (AvgIpc) is 2.73. The van der Waals surface area contributed by atoms with E-state index in [-0.39, 0.29) is 11.9 Å². The van der Waals surface area contributed by atoms with Crippen LogP contribution in [0.2, 0.25) is 0 Å². The van der Waals surface area contributed by atoms with Crippen LogP contribution in [0.1, 0.15) is 12.8 Å². The van der Waals surface area contributed by atoms with E-state index in [1.165, 1.54) is 0 Å². The molecule has 3 N–H and O–H groups in total. The van der Waals surface area contributed by atoms with E-state index in [0.717, 1.165) is 12.8 Å². The third kappa shape index (κ3) is 3.61. The number of nitrogens with one attached hydrogen (secondary N) is 1. The molecule has 1 unspecified atom stereocenters. The van der Waals surface area contributed by atoms with Gasteiger partial charge in [0.2, 0.25) is 10.0 Å². The van der Waals surface area contributed by atoms with Gasteiger partial charge in [-0.2, -0.15) is 0 Å². The zero-order chi connectivity index (χ0) is 12.3. The molecule has 6 heteroatoms. The fourth-order valence-corrected chi connectivity index (χ4v) is 3.12. The second-order valence-electron chi connectivity index (χ2n) is 4.14. The summed E-state index contributed by atoms with van der Waals surface area (Å²) < 4.78 is 31.5. The van der Waals surface area contributed by atoms with Gasteiger partial charge in [0, 0.05) is 18.0 Å². The van der Waals surface area contributed by atoms with E-state index in [0.29, 0.717) is 18.0 Å². The SMILES string of the molecule is Nc1ccc(NS(=O)(=O)CC2CCCO2)cc1. The zero-order valence-corrected chi connectivity index (χ0v) is 10.2. The summed E-state index contributed by atoms with van der Waals surface area (Å²) in [5.74, 6) is 0.0113. The first-order chi connectivity index (χ1) is 8.05. The van der Waals surface area contributed by atoms with E-state index in [1.807, 2.05) is 0 Å². The lowest BCUT2D eigenvalue weighted by molar-refractivity contribution is 0.127. The van der Waals surface area contributed by atoms with Crippen molar-refractivity contribution in [3.8, 4) is 0 Å². The molecule has 1 aromatic carbocycles. The molecule has 0 radical (unpaired) electrons. The smallest absolute Gasteiger partial charge is 0.235 e. The lowest BCUT2D eigenvalue weighted by Gasteiger charge is -2.12. The first-order valence-electron chi connectivity index (χ1n) is 5.53. The van der Waals surface area contributed by atoms with E-state index in [4.69, 9.17) is 10.5 Å². The van der Waals surface area contributed by atoms with Crippen LogP contribution in [-0.4, -0.2) is 26.9 Å². The topological polar surface area (TPSA) is 81.4 Å². The lowest BCUT2D eigenvalue weighted by Crippen LogP contribution is -2.25. The third-order valence-corrected chi connectivity index (χ3v) is 3.97. The summed E-state index contributed by atoms with van der Waals surface area (Å²) in [6.07, 6.45) is 1.56. The van der Waals surface area contributed by atoms with Crippen molar-refractivity contribution in [2.45, 2.75) is 18.9 Å². The van der Waals surface area contributed by atoms with Gasteiger partial charge in [0.25, 0.3) is 0 Å². The van der Waals surface area contributed by atoms with Gasteiger partial charge in [0.15, 0.2) is 0 Å². The maximum Gasteiger partial charge on any atom is 0.235 e. The predicted octanol–water partition coefficient (Wildman–Crippen LogP) is 1.19. The molecule has 1 aliphatic heterocycles. The van der Waals surface area contributed by atoms with Crippen LogP contribution in [0.25, 0.3) is 0 Å². The van der Waals surface area contributed by atoms with Crippen LogP contribution in [0.15, 0.2) is 24.3 Å². The van der Waals surface area contributed by atoms with Gasteiger partial charge < -0.3 is 10.5 Å². The van der Waals surface area contributed by atoms with Crippen molar-refractivity contribution in [3.63, 3.8) is 0 Å². The monoisotopic (exact) mass is 256 g/mol. The van der Waals surface area contributed by atoms with Crippen LogP contribution in [0.4, 0.5) is 11.4 Å². The predicted molar refractivity (Wildman–Crippen MR) is 67.2 cm³/mol. The molecule has 1 atom stereocenters. The molecule has 0 amide bonds. The minimum Gasteiger partial charge on any atom is -0.399 e. The Morgan fingerprint density at radius 1 is 1.35 bits per heavy atom. The number of hydrogen-bond acceptors (Lipinski definition) is 4. The number of ether oxygens (including phenoxy) is 1. The van der Waals surface area contributed by atoms with Crippen molar-refractivity contribution in [1.82, 2.24) is 0 Å². The van der Waals surface area contributed by atoms with Crippen molar-refractivity contribution < 1.29 is 13.2 Å². The first-order valence-corrected chi connectivity index (χ1v) is 7.18. The Labute approximate surface area is 101 Å². The van der Waals surface area contributed by atoms with E-state index in [1.54, 1.807) is 24.3 Å². The largest absolute Gasteiger partial charge is 0.399 e. The van der Waals surface area contributed by atoms with Crippen LogP contribution in [0.5, 0.6) is 0 Å². The standard InChI is InChI=1S/C11H16N2O3S/c12-9-3-5-10(6-4-9)13-17(14,15)8-11-2-1-7-16-11/h3-6,11,13H,1-2,7-8,12H2. The summed E-state index contributed by atoms with van der Waals surface area (Å²) in [6, 6.07) is 6.60. The van der Waals surface area contributed by atoms with Crippen LogP contribution in [0, 0.1) is 0 Å². The molecule has 94 valence electrons. The van der Waals surface area contributed by atoms with Gasteiger partial charge in [-0.05, 0) is 37.1 Å². The number of benzene rings is 1. The number of nitrogens with two attached hydrogens (primary N) is 1. The second-order valence-corrected chi connectivity index (χ2v) is 5.91. The molecular formula is C11H16N2O3S. The highest BCUT2D eigenvalue weighted by Gasteiger charge is 2.23. The van der Waals surface area contributed by atoms with Gasteiger partial charge in [-0.3, -0.25) is 4.72 Å². The maximum absolute atomic E-state index is 11.8. The molecule has 17 heavy (non-hydrogen) atoms. The summed E-state index contributed by atoms with van der Waals surface area (Å²) in [7, 11) is -3.35. The van der Waals surface area contributed by atoms with Crippen LogP contribution >= 0.6 is 0 Å². The highest BCUT2D eigenvalue weighted by molar-refractivity contribution is 7.92. The second kappa shape index (κ2) is 4.93. The van der Waals surface area contributed by atoms with Gasteiger partial charge >= 0.3 is 0 Å². The number of sulfonamides is 1. The maximum atomic E-state index is 11.8. The fraction of sp³-hybridized carbons (Fsp3) is 0.455. The molecule has 0 aromatic heterocycles. The van der Waals surface area contributed by atoms with Crippen LogP contribution in [-0.2, 0) is 14.8 Å². The lowest BCUT2D eigenvalue weighted by atomic mass is 10.3. The molecule has 0 aliphatic carbocycles. The zero-order valence-electron chi connectivity index (χ0n) is 9.43. The Balaban J connectivity index is 1.98. The molecule has 2 rings (SSSR count). The number of anilines is 2. The summed E-state index contributed by atoms with van der Waals surface area (Å²) in [4.78, 5) is 0. The first kappa shape index (κ1) is 12.2. The molecule has 0 spiro atoms. The Kier molecular flexibility index (Phi) is 3.54. The van der Waals surface area contributed by atoms with E-state index in [9.17, 15) is 8.42 Å². The molecule has 0 bridgehead atoms. The summed E-state index contributed by atoms with van der Waals surface area (Å²) >= 11 is 0. The summed E-state index contributed by atoms with van der Waals surface area (Å²) in [5, 5.41) is 0. The fourth-order valence-electron chi connectivity index (χ4n) is 1.79. The molecular weight excluding hydrogens is 240 g/mol. The number of nitrogen functional groups attached to an aromatic ring is 1. The molecule has 1 heterocycles. The van der Waals surface area contributed by atoms with Gasteiger partial charge in [0.05, 0.1) is 11.9 Å². The molecule has 1 aliphatic rings. The summed E-state index contributed by atoms with van der Waals surface area (Å²) in [5.41, 5.74) is 6.65. The van der Waals surface area contributed by atoms with Gasteiger partial charge in [-0.25, -0.2) is 8.42 Å². The third-order valence-electron chi connectivity index (χ3n) is 2.61. The molecule has 1 fully saturated rings. The van der Waals surface area contributed by atoms with Gasteiger partial charge in [-0.15, -0.1) is 0 Å². The molecule has 0 saturated carbocycles. The van der Waals surface area contributed by atoms with Gasteiger partial charge in [-0.1, -0.05) is 0 Å². The van der Waals surface area contributed by atoms with Crippen LogP contribution in [0.3, 0.4) is 0 Å². The van der Waals surface area contributed by atoms with Crippen molar-refractivity contribution in [2.24, 2.45) is 0 Å². The Bertz CT molecular complexity index is 464. The molecule has 5 nitrogen and oxygen atoms in total. The van der Waals surface area contributed by atoms with Crippen molar-refractivity contribution in [3.05, 3.63) is 24.3 Å². The van der Waals surface area contributed by atoms with Crippen molar-refractivity contribution in [1.29, 1.82) is 0 Å². The molecule has 1 aromatic rings. The Morgan fingerprint density at radius 3 is 2.65 bits per heavy atom. The average molecular weight is 256 g/mol. The Hall–Kier alpha value is -1.27. The normalized spacial score (nSPS) is 20.4. The van der Waals surface area contributed by atoms with Crippen LogP contribution < -0.4 is 10.5 Å². The minimum absolute atomic E-state index is 0.0113. The van der Waals surface area contributed by atoms with E-state index >= 15 is 0 Å². The number of rotatable bonds is 4. The highest BCUT2D eigenvalue weighted by Crippen LogP contribution is 2.17. The minimum atomic E-state index is -3.35. The highest BCUT2D eigenvalue weighted by atomic mass is 32.2. The summed E-state index contributed by atoms with van der Waals surface area (Å²) in [6.45, 7) is 0.655. The molecule has 1 saturated heterocycles. The van der Waals surface area contributed by atoms with Gasteiger partial charge in [0.1, 0.15) is 0 Å².